The molecule has 3 saturated carbocycles. The van der Waals surface area contributed by atoms with Gasteiger partial charge >= 0.3 is 0 Å². The second-order valence-corrected chi connectivity index (χ2v) is 11.9. The van der Waals surface area contributed by atoms with Gasteiger partial charge < -0.3 is 14.4 Å². The third-order valence-electron chi connectivity index (χ3n) is 9.91. The highest BCUT2D eigenvalue weighted by molar-refractivity contribution is 7.99. The number of fused-ring (bicyclic) bond motifs is 5. The minimum Gasteiger partial charge on any atom is -0.388 e. The fraction of sp³-hybridized carbons (Fsp3) is 0.800. The van der Waals surface area contributed by atoms with E-state index in [9.17, 15) is 5.11 Å². The highest BCUT2D eigenvalue weighted by Crippen LogP contribution is 2.68. The summed E-state index contributed by atoms with van der Waals surface area (Å²) >= 11 is 1.73. The van der Waals surface area contributed by atoms with Crippen molar-refractivity contribution in [1.82, 2.24) is 9.55 Å². The maximum absolute atomic E-state index is 11.9. The molecule has 0 aromatic carbocycles. The highest BCUT2D eigenvalue weighted by Gasteiger charge is 2.63. The van der Waals surface area contributed by atoms with Crippen molar-refractivity contribution < 1.29 is 9.84 Å². The molecule has 5 heteroatoms. The zero-order chi connectivity index (χ0) is 21.1. The van der Waals surface area contributed by atoms with Crippen molar-refractivity contribution in [2.45, 2.75) is 82.1 Å². The van der Waals surface area contributed by atoms with Gasteiger partial charge in [-0.05, 0) is 74.5 Å². The smallest absolute Gasteiger partial charge is 0.167 e. The molecule has 0 amide bonds. The number of imidazole rings is 1. The van der Waals surface area contributed by atoms with Crippen molar-refractivity contribution in [2.75, 3.05) is 12.9 Å². The standard InChI is InChI=1S/C25H38N2O2S/c1-23-10-7-18(29-4)15-17(23)5-6-19-20(23)8-11-24(2)21(19)9-12-25(24,28)16-30-22-26-13-14-27(22)3/h13-15,18-21,28H,5-12,16H2,1-4H3/t18-,19+,20+,21-,23+,24-,25-/m1/s1. The molecular weight excluding hydrogens is 392 g/mol. The van der Waals surface area contributed by atoms with Gasteiger partial charge in [0.05, 0.1) is 11.7 Å². The van der Waals surface area contributed by atoms with Gasteiger partial charge in [-0.3, -0.25) is 0 Å². The van der Waals surface area contributed by atoms with Crippen molar-refractivity contribution in [1.29, 1.82) is 0 Å². The van der Waals surface area contributed by atoms with E-state index in [1.165, 1.54) is 32.1 Å². The van der Waals surface area contributed by atoms with Gasteiger partial charge in [-0.1, -0.05) is 37.3 Å². The largest absolute Gasteiger partial charge is 0.388 e. The molecule has 7 atom stereocenters. The summed E-state index contributed by atoms with van der Waals surface area (Å²) in [5, 5.41) is 12.9. The lowest BCUT2D eigenvalue weighted by molar-refractivity contribution is -0.116. The molecule has 166 valence electrons. The average molecular weight is 431 g/mol. The number of rotatable bonds is 4. The maximum atomic E-state index is 11.9. The van der Waals surface area contributed by atoms with Crippen LogP contribution in [0, 0.1) is 28.6 Å². The quantitative estimate of drug-likeness (QED) is 0.525. The minimum absolute atomic E-state index is 0.0354. The summed E-state index contributed by atoms with van der Waals surface area (Å²) in [4.78, 5) is 4.47. The maximum Gasteiger partial charge on any atom is 0.167 e. The summed E-state index contributed by atoms with van der Waals surface area (Å²) in [6.45, 7) is 4.96. The molecule has 4 aliphatic rings. The molecule has 4 nitrogen and oxygen atoms in total. The highest BCUT2D eigenvalue weighted by atomic mass is 32.2. The third-order valence-corrected chi connectivity index (χ3v) is 11.2. The minimum atomic E-state index is -0.579. The van der Waals surface area contributed by atoms with Crippen molar-refractivity contribution in [3.63, 3.8) is 0 Å². The lowest BCUT2D eigenvalue weighted by Gasteiger charge is -2.59. The third kappa shape index (κ3) is 2.98. The van der Waals surface area contributed by atoms with E-state index in [1.807, 2.05) is 26.6 Å². The first-order chi connectivity index (χ1) is 14.3. The Morgan fingerprint density at radius 1 is 1.17 bits per heavy atom. The molecule has 1 aromatic rings. The van der Waals surface area contributed by atoms with E-state index in [1.54, 1.807) is 17.3 Å². The van der Waals surface area contributed by atoms with Crippen LogP contribution in [-0.2, 0) is 11.8 Å². The molecule has 1 heterocycles. The fourth-order valence-electron chi connectivity index (χ4n) is 7.90. The van der Waals surface area contributed by atoms with Gasteiger partial charge in [-0.25, -0.2) is 4.98 Å². The first kappa shape index (κ1) is 21.1. The second kappa shape index (κ2) is 7.38. The predicted octanol–water partition coefficient (Wildman–Crippen LogP) is 5.22. The molecular formula is C25H38N2O2S. The SMILES string of the molecule is CO[C@H]1C=C2CC[C@@H]3[C@H]4CC[C@@](O)(CSc5nccn5C)[C@]4(C)CC[C@@H]3[C@@]2(C)CC1. The summed E-state index contributed by atoms with van der Waals surface area (Å²) in [5.74, 6) is 2.96. The van der Waals surface area contributed by atoms with Gasteiger partial charge in [0.15, 0.2) is 5.16 Å². The Morgan fingerprint density at radius 3 is 2.70 bits per heavy atom. The van der Waals surface area contributed by atoms with Gasteiger partial charge in [0, 0.05) is 37.7 Å². The van der Waals surface area contributed by atoms with Gasteiger partial charge in [0.25, 0.3) is 0 Å². The fourth-order valence-corrected chi connectivity index (χ4v) is 9.15. The van der Waals surface area contributed by atoms with Gasteiger partial charge in [0.1, 0.15) is 0 Å². The van der Waals surface area contributed by atoms with E-state index in [0.29, 0.717) is 17.4 Å². The zero-order valence-electron chi connectivity index (χ0n) is 19.1. The number of hydrogen-bond acceptors (Lipinski definition) is 4. The number of hydrogen-bond donors (Lipinski definition) is 1. The number of aryl methyl sites for hydroxylation is 1. The summed E-state index contributed by atoms with van der Waals surface area (Å²) in [5.41, 5.74) is 1.48. The summed E-state index contributed by atoms with van der Waals surface area (Å²) in [6.07, 6.45) is 16.1. The number of methoxy groups -OCH3 is 1. The number of aliphatic hydroxyl groups is 1. The van der Waals surface area contributed by atoms with E-state index in [2.05, 4.69) is 29.5 Å². The molecule has 0 aliphatic heterocycles. The van der Waals surface area contributed by atoms with E-state index < -0.39 is 5.60 Å². The lowest BCUT2D eigenvalue weighted by Crippen LogP contribution is -2.55. The van der Waals surface area contributed by atoms with Crippen LogP contribution in [0.15, 0.2) is 29.2 Å². The van der Waals surface area contributed by atoms with E-state index in [-0.39, 0.29) is 5.41 Å². The number of allylic oxidation sites excluding steroid dienone is 1. The van der Waals surface area contributed by atoms with Crippen LogP contribution in [0.25, 0.3) is 0 Å². The Hall–Kier alpha value is -0.780. The Bertz CT molecular complexity index is 837. The molecule has 0 spiro atoms. The number of nitrogens with zero attached hydrogens (tertiary/aromatic N) is 2. The van der Waals surface area contributed by atoms with Crippen molar-refractivity contribution >= 4 is 11.8 Å². The molecule has 3 fully saturated rings. The topological polar surface area (TPSA) is 47.3 Å². The van der Waals surface area contributed by atoms with E-state index in [4.69, 9.17) is 4.74 Å². The number of aromatic nitrogens is 2. The summed E-state index contributed by atoms with van der Waals surface area (Å²) < 4.78 is 7.74. The molecule has 0 bridgehead atoms. The van der Waals surface area contributed by atoms with Crippen LogP contribution in [-0.4, -0.2) is 39.2 Å². The van der Waals surface area contributed by atoms with Gasteiger partial charge in [-0.2, -0.15) is 0 Å². The van der Waals surface area contributed by atoms with Crippen LogP contribution in [0.3, 0.4) is 0 Å². The molecule has 5 rings (SSSR count). The van der Waals surface area contributed by atoms with Crippen molar-refractivity contribution in [2.24, 2.45) is 35.6 Å². The van der Waals surface area contributed by atoms with Gasteiger partial charge in [-0.15, -0.1) is 0 Å². The molecule has 1 N–H and O–H groups in total. The average Bonchev–Trinajstić information content (AvgIpc) is 3.26. The number of ether oxygens (including phenoxy) is 1. The first-order valence-electron chi connectivity index (χ1n) is 11.9. The molecule has 30 heavy (non-hydrogen) atoms. The van der Waals surface area contributed by atoms with Crippen LogP contribution >= 0.6 is 11.8 Å². The number of thioether (sulfide) groups is 1. The first-order valence-corrected chi connectivity index (χ1v) is 12.9. The Balaban J connectivity index is 1.37. The summed E-state index contributed by atoms with van der Waals surface area (Å²) in [6, 6.07) is 0. The Labute approximate surface area is 185 Å². The lowest BCUT2D eigenvalue weighted by atomic mass is 9.46. The van der Waals surface area contributed by atoms with E-state index >= 15 is 0 Å². The second-order valence-electron chi connectivity index (χ2n) is 11.0. The zero-order valence-corrected chi connectivity index (χ0v) is 19.9. The van der Waals surface area contributed by atoms with Crippen LogP contribution in [0.5, 0.6) is 0 Å². The van der Waals surface area contributed by atoms with Crippen molar-refractivity contribution in [3.8, 4) is 0 Å². The Kier molecular flexibility index (Phi) is 5.19. The monoisotopic (exact) mass is 430 g/mol. The molecule has 1 aromatic heterocycles. The predicted molar refractivity (Wildman–Crippen MR) is 121 cm³/mol. The summed E-state index contributed by atoms with van der Waals surface area (Å²) in [7, 11) is 3.89. The van der Waals surface area contributed by atoms with Crippen LogP contribution in [0.2, 0.25) is 0 Å². The van der Waals surface area contributed by atoms with E-state index in [0.717, 1.165) is 42.0 Å². The van der Waals surface area contributed by atoms with Crippen LogP contribution < -0.4 is 0 Å². The molecule has 0 unspecified atom stereocenters. The normalized spacial score (nSPS) is 45.4. The van der Waals surface area contributed by atoms with Gasteiger partial charge in [0.2, 0.25) is 0 Å². The molecule has 0 saturated heterocycles. The van der Waals surface area contributed by atoms with Crippen molar-refractivity contribution in [3.05, 3.63) is 24.0 Å². The Morgan fingerprint density at radius 2 is 1.97 bits per heavy atom. The molecule has 4 aliphatic carbocycles. The van der Waals surface area contributed by atoms with Crippen LogP contribution in [0.4, 0.5) is 0 Å². The molecule has 0 radical (unpaired) electrons. The van der Waals surface area contributed by atoms with Crippen LogP contribution in [0.1, 0.15) is 65.2 Å².